The summed E-state index contributed by atoms with van der Waals surface area (Å²) in [6.45, 7) is 8.24. The average molecular weight is 307 g/mol. The summed E-state index contributed by atoms with van der Waals surface area (Å²) in [7, 11) is 0. The van der Waals surface area contributed by atoms with Gasteiger partial charge in [0.2, 0.25) is 0 Å². The van der Waals surface area contributed by atoms with Crippen LogP contribution >= 0.6 is 11.6 Å². The van der Waals surface area contributed by atoms with Crippen LogP contribution < -0.4 is 0 Å². The lowest BCUT2D eigenvalue weighted by atomic mass is 10.0. The number of hydrogen-bond acceptors (Lipinski definition) is 4. The summed E-state index contributed by atoms with van der Waals surface area (Å²) < 4.78 is 0. The van der Waals surface area contributed by atoms with Crippen LogP contribution in [0.25, 0.3) is 0 Å². The van der Waals surface area contributed by atoms with E-state index in [0.29, 0.717) is 36.9 Å². The van der Waals surface area contributed by atoms with E-state index in [4.69, 9.17) is 16.9 Å². The van der Waals surface area contributed by atoms with Crippen LogP contribution in [0.2, 0.25) is 5.15 Å². The van der Waals surface area contributed by atoms with Crippen molar-refractivity contribution in [3.63, 3.8) is 0 Å². The van der Waals surface area contributed by atoms with Crippen molar-refractivity contribution < 1.29 is 4.79 Å². The highest BCUT2D eigenvalue weighted by Crippen LogP contribution is 2.18. The largest absolute Gasteiger partial charge is 0.336 e. The first-order chi connectivity index (χ1) is 9.83. The fraction of sp³-hybridized carbons (Fsp3) is 0.533. The lowest BCUT2D eigenvalue weighted by Crippen LogP contribution is -2.55. The van der Waals surface area contributed by atoms with Gasteiger partial charge in [-0.2, -0.15) is 5.26 Å². The Morgan fingerprint density at radius 1 is 1.33 bits per heavy atom. The highest BCUT2D eigenvalue weighted by atomic mass is 35.5. The Labute approximate surface area is 130 Å². The predicted molar refractivity (Wildman–Crippen MR) is 81.2 cm³/mol. The number of carbonyl (C=O) groups is 1. The third-order valence-electron chi connectivity index (χ3n) is 3.80. The van der Waals surface area contributed by atoms with Gasteiger partial charge in [0.05, 0.1) is 6.07 Å². The minimum atomic E-state index is -0.494. The van der Waals surface area contributed by atoms with E-state index < -0.39 is 5.54 Å². The van der Waals surface area contributed by atoms with Gasteiger partial charge in [0, 0.05) is 37.4 Å². The number of aromatic nitrogens is 1. The first kappa shape index (κ1) is 15.7. The van der Waals surface area contributed by atoms with Crippen molar-refractivity contribution in [1.29, 1.82) is 5.26 Å². The normalized spacial score (nSPS) is 16.6. The second-order valence-corrected chi connectivity index (χ2v) is 6.16. The van der Waals surface area contributed by atoms with Gasteiger partial charge in [0.1, 0.15) is 10.7 Å². The molecular formula is C15H19ClN4O. The number of piperazine rings is 1. The number of nitrogens with zero attached hydrogens (tertiary/aromatic N) is 4. The number of aryl methyl sites for hydroxylation is 1. The SMILES string of the molecule is Cc1cc(C(=O)N2CCN(C(C)(C)C#N)CC2)cc(Cl)n1. The van der Waals surface area contributed by atoms with E-state index in [0.717, 1.165) is 5.69 Å². The third-order valence-corrected chi connectivity index (χ3v) is 3.99. The van der Waals surface area contributed by atoms with E-state index >= 15 is 0 Å². The summed E-state index contributed by atoms with van der Waals surface area (Å²) >= 11 is 5.91. The molecule has 2 rings (SSSR count). The van der Waals surface area contributed by atoms with Gasteiger partial charge in [-0.05, 0) is 32.9 Å². The number of carbonyl (C=O) groups excluding carboxylic acids is 1. The Morgan fingerprint density at radius 3 is 2.48 bits per heavy atom. The number of rotatable bonds is 2. The molecule has 0 radical (unpaired) electrons. The Hall–Kier alpha value is -1.64. The van der Waals surface area contributed by atoms with Gasteiger partial charge in [-0.15, -0.1) is 0 Å². The van der Waals surface area contributed by atoms with E-state index in [-0.39, 0.29) is 5.91 Å². The molecule has 0 unspecified atom stereocenters. The zero-order valence-corrected chi connectivity index (χ0v) is 13.3. The molecule has 0 bridgehead atoms. The molecule has 0 atom stereocenters. The van der Waals surface area contributed by atoms with E-state index in [1.165, 1.54) is 0 Å². The van der Waals surface area contributed by atoms with Crippen molar-refractivity contribution in [2.75, 3.05) is 26.2 Å². The molecule has 1 aromatic heterocycles. The maximum atomic E-state index is 12.5. The molecule has 0 N–H and O–H groups in total. The van der Waals surface area contributed by atoms with Crippen LogP contribution in [-0.4, -0.2) is 52.4 Å². The van der Waals surface area contributed by atoms with Crippen LogP contribution in [0.15, 0.2) is 12.1 Å². The highest BCUT2D eigenvalue weighted by molar-refractivity contribution is 6.29. The molecule has 2 heterocycles. The first-order valence-electron chi connectivity index (χ1n) is 6.93. The number of amides is 1. The van der Waals surface area contributed by atoms with Gasteiger partial charge >= 0.3 is 0 Å². The van der Waals surface area contributed by atoms with E-state index in [1.54, 1.807) is 17.0 Å². The molecule has 6 heteroatoms. The van der Waals surface area contributed by atoms with Gasteiger partial charge in [-0.1, -0.05) is 11.6 Å². The van der Waals surface area contributed by atoms with Crippen LogP contribution in [0.4, 0.5) is 0 Å². The number of hydrogen-bond donors (Lipinski definition) is 0. The lowest BCUT2D eigenvalue weighted by Gasteiger charge is -2.40. The smallest absolute Gasteiger partial charge is 0.254 e. The molecule has 0 saturated carbocycles. The fourth-order valence-corrected chi connectivity index (χ4v) is 2.72. The van der Waals surface area contributed by atoms with E-state index in [1.807, 2.05) is 20.8 Å². The zero-order valence-electron chi connectivity index (χ0n) is 12.6. The zero-order chi connectivity index (χ0) is 15.6. The van der Waals surface area contributed by atoms with Crippen LogP contribution in [0, 0.1) is 18.3 Å². The Balaban J connectivity index is 2.05. The molecule has 1 aromatic rings. The molecule has 0 aromatic carbocycles. The minimum Gasteiger partial charge on any atom is -0.336 e. The third kappa shape index (κ3) is 3.52. The number of pyridine rings is 1. The topological polar surface area (TPSA) is 60.2 Å². The van der Waals surface area contributed by atoms with Gasteiger partial charge in [0.15, 0.2) is 0 Å². The quantitative estimate of drug-likeness (QED) is 0.785. The lowest BCUT2D eigenvalue weighted by molar-refractivity contribution is 0.0520. The first-order valence-corrected chi connectivity index (χ1v) is 7.31. The van der Waals surface area contributed by atoms with Crippen molar-refractivity contribution in [3.8, 4) is 6.07 Å². The van der Waals surface area contributed by atoms with Crippen molar-refractivity contribution in [1.82, 2.24) is 14.8 Å². The molecule has 0 spiro atoms. The van der Waals surface area contributed by atoms with Crippen LogP contribution in [0.5, 0.6) is 0 Å². The summed E-state index contributed by atoms with van der Waals surface area (Å²) in [5.74, 6) is -0.0307. The minimum absolute atomic E-state index is 0.0307. The second kappa shape index (κ2) is 6.00. The van der Waals surface area contributed by atoms with Gasteiger partial charge in [-0.25, -0.2) is 4.98 Å². The Kier molecular flexibility index (Phi) is 4.50. The van der Waals surface area contributed by atoms with Crippen molar-refractivity contribution >= 4 is 17.5 Å². The molecule has 5 nitrogen and oxygen atoms in total. The number of nitriles is 1. The summed E-state index contributed by atoms with van der Waals surface area (Å²) in [5.41, 5.74) is 0.807. The van der Waals surface area contributed by atoms with Crippen molar-refractivity contribution in [2.45, 2.75) is 26.3 Å². The van der Waals surface area contributed by atoms with Crippen molar-refractivity contribution in [3.05, 3.63) is 28.5 Å². The standard InChI is InChI=1S/C15H19ClN4O/c1-11-8-12(9-13(16)18-11)14(21)19-4-6-20(7-5-19)15(2,3)10-17/h8-9H,4-7H2,1-3H3. The molecule has 1 aliphatic rings. The van der Waals surface area contributed by atoms with Gasteiger partial charge in [0.25, 0.3) is 5.91 Å². The molecule has 21 heavy (non-hydrogen) atoms. The highest BCUT2D eigenvalue weighted by Gasteiger charge is 2.31. The second-order valence-electron chi connectivity index (χ2n) is 5.77. The maximum absolute atomic E-state index is 12.5. The molecule has 0 aliphatic carbocycles. The Morgan fingerprint density at radius 2 is 1.95 bits per heavy atom. The molecule has 1 fully saturated rings. The predicted octanol–water partition coefficient (Wildman–Crippen LogP) is 2.10. The van der Waals surface area contributed by atoms with Crippen LogP contribution in [-0.2, 0) is 0 Å². The number of halogens is 1. The summed E-state index contributed by atoms with van der Waals surface area (Å²) in [6, 6.07) is 5.65. The molecule has 1 amide bonds. The summed E-state index contributed by atoms with van der Waals surface area (Å²) in [4.78, 5) is 20.5. The van der Waals surface area contributed by atoms with E-state index in [2.05, 4.69) is 16.0 Å². The molecule has 1 aliphatic heterocycles. The Bertz CT molecular complexity index is 566. The monoisotopic (exact) mass is 306 g/mol. The van der Waals surface area contributed by atoms with Crippen LogP contribution in [0.1, 0.15) is 29.9 Å². The molecule has 112 valence electrons. The maximum Gasteiger partial charge on any atom is 0.254 e. The average Bonchev–Trinajstić information content (AvgIpc) is 2.45. The molecule has 1 saturated heterocycles. The van der Waals surface area contributed by atoms with Gasteiger partial charge < -0.3 is 4.90 Å². The summed E-state index contributed by atoms with van der Waals surface area (Å²) in [6.07, 6.45) is 0. The molecular weight excluding hydrogens is 288 g/mol. The van der Waals surface area contributed by atoms with Crippen LogP contribution in [0.3, 0.4) is 0 Å². The summed E-state index contributed by atoms with van der Waals surface area (Å²) in [5, 5.41) is 9.50. The van der Waals surface area contributed by atoms with Gasteiger partial charge in [-0.3, -0.25) is 9.69 Å². The van der Waals surface area contributed by atoms with Crippen molar-refractivity contribution in [2.24, 2.45) is 0 Å². The fourth-order valence-electron chi connectivity index (χ4n) is 2.47. The van der Waals surface area contributed by atoms with E-state index in [9.17, 15) is 4.79 Å².